The van der Waals surface area contributed by atoms with E-state index in [4.69, 9.17) is 11.6 Å². The summed E-state index contributed by atoms with van der Waals surface area (Å²) in [4.78, 5) is 43.4. The Morgan fingerprint density at radius 2 is 2.15 bits per heavy atom. The average molecular weight is 385 g/mol. The average Bonchev–Trinajstić information content (AvgIpc) is 2.77. The summed E-state index contributed by atoms with van der Waals surface area (Å²) in [6.07, 6.45) is 4.02. The van der Waals surface area contributed by atoms with Crippen LogP contribution in [-0.2, 0) is 4.79 Å². The molecular formula is C19H17ClN4O3. The highest BCUT2D eigenvalue weighted by Crippen LogP contribution is 2.30. The predicted molar refractivity (Wildman–Crippen MR) is 99.6 cm³/mol. The Balaban J connectivity index is 1.52. The van der Waals surface area contributed by atoms with Crippen molar-refractivity contribution in [1.29, 1.82) is 0 Å². The van der Waals surface area contributed by atoms with Crippen molar-refractivity contribution in [3.8, 4) is 0 Å². The van der Waals surface area contributed by atoms with Crippen molar-refractivity contribution in [1.82, 2.24) is 15.2 Å². The predicted octanol–water partition coefficient (Wildman–Crippen LogP) is 2.09. The van der Waals surface area contributed by atoms with Gasteiger partial charge in [-0.2, -0.15) is 0 Å². The fourth-order valence-corrected chi connectivity index (χ4v) is 3.70. The first-order valence-electron chi connectivity index (χ1n) is 8.65. The molecule has 0 aliphatic carbocycles. The maximum Gasteiger partial charge on any atom is 0.256 e. The fourth-order valence-electron chi connectivity index (χ4n) is 3.53. The Morgan fingerprint density at radius 3 is 2.93 bits per heavy atom. The molecule has 7 nitrogen and oxygen atoms in total. The third kappa shape index (κ3) is 3.38. The SMILES string of the molecule is O=C(NC1CCN2C(=O)c3ccc(Cl)cc3NC(=O)C2C1)c1cccnc1. The number of benzene rings is 1. The fraction of sp³-hybridized carbons (Fsp3) is 0.263. The van der Waals surface area contributed by atoms with Crippen LogP contribution in [0, 0.1) is 0 Å². The van der Waals surface area contributed by atoms with E-state index in [1.807, 2.05) is 0 Å². The number of nitrogens with one attached hydrogen (secondary N) is 2. The molecule has 3 heterocycles. The van der Waals surface area contributed by atoms with Gasteiger partial charge in [-0.25, -0.2) is 0 Å². The molecule has 2 aromatic rings. The minimum Gasteiger partial charge on any atom is -0.349 e. The minimum atomic E-state index is -0.642. The molecule has 27 heavy (non-hydrogen) atoms. The number of carbonyl (C=O) groups excluding carboxylic acids is 3. The molecule has 2 aliphatic rings. The number of anilines is 1. The number of halogens is 1. The molecule has 2 atom stereocenters. The van der Waals surface area contributed by atoms with Crippen molar-refractivity contribution in [2.24, 2.45) is 0 Å². The summed E-state index contributed by atoms with van der Waals surface area (Å²) in [6.45, 7) is 0.386. The third-order valence-corrected chi connectivity index (χ3v) is 5.13. The van der Waals surface area contributed by atoms with Gasteiger partial charge in [0.2, 0.25) is 5.91 Å². The lowest BCUT2D eigenvalue weighted by Gasteiger charge is -2.37. The maximum absolute atomic E-state index is 12.9. The first kappa shape index (κ1) is 17.5. The number of carbonyl (C=O) groups is 3. The van der Waals surface area contributed by atoms with Crippen LogP contribution in [0.25, 0.3) is 0 Å². The minimum absolute atomic E-state index is 0.206. The Morgan fingerprint density at radius 1 is 1.30 bits per heavy atom. The van der Waals surface area contributed by atoms with Crippen molar-refractivity contribution >= 4 is 35.0 Å². The molecule has 2 unspecified atom stereocenters. The van der Waals surface area contributed by atoms with Crippen LogP contribution in [0.2, 0.25) is 5.02 Å². The van der Waals surface area contributed by atoms with Crippen molar-refractivity contribution in [2.45, 2.75) is 24.9 Å². The largest absolute Gasteiger partial charge is 0.349 e. The summed E-state index contributed by atoms with van der Waals surface area (Å²) < 4.78 is 0. The van der Waals surface area contributed by atoms with Crippen molar-refractivity contribution in [3.63, 3.8) is 0 Å². The molecule has 0 spiro atoms. The number of nitrogens with zero attached hydrogens (tertiary/aromatic N) is 2. The van der Waals surface area contributed by atoms with Crippen molar-refractivity contribution < 1.29 is 14.4 Å². The van der Waals surface area contributed by atoms with Crippen LogP contribution < -0.4 is 10.6 Å². The first-order chi connectivity index (χ1) is 13.0. The third-order valence-electron chi connectivity index (χ3n) is 4.89. The van der Waals surface area contributed by atoms with Crippen molar-refractivity contribution in [3.05, 3.63) is 58.9 Å². The number of rotatable bonds is 2. The number of hydrogen-bond acceptors (Lipinski definition) is 4. The summed E-state index contributed by atoms with van der Waals surface area (Å²) in [5.74, 6) is -0.719. The van der Waals surface area contributed by atoms with Crippen LogP contribution in [0.4, 0.5) is 5.69 Å². The maximum atomic E-state index is 12.9. The van der Waals surface area contributed by atoms with Gasteiger partial charge in [-0.1, -0.05) is 11.6 Å². The number of aromatic nitrogens is 1. The molecule has 1 aromatic carbocycles. The zero-order valence-electron chi connectivity index (χ0n) is 14.3. The zero-order chi connectivity index (χ0) is 19.0. The lowest BCUT2D eigenvalue weighted by Crippen LogP contribution is -2.55. The van der Waals surface area contributed by atoms with E-state index in [9.17, 15) is 14.4 Å². The van der Waals surface area contributed by atoms with Crippen LogP contribution in [0.1, 0.15) is 33.6 Å². The van der Waals surface area contributed by atoms with Crippen LogP contribution >= 0.6 is 11.6 Å². The molecule has 138 valence electrons. The lowest BCUT2D eigenvalue weighted by atomic mass is 9.96. The lowest BCUT2D eigenvalue weighted by molar-refractivity contribution is -0.121. The van der Waals surface area contributed by atoms with Gasteiger partial charge in [0.25, 0.3) is 11.8 Å². The quantitative estimate of drug-likeness (QED) is 0.829. The van der Waals surface area contributed by atoms with Gasteiger partial charge >= 0.3 is 0 Å². The van der Waals surface area contributed by atoms with E-state index in [1.54, 1.807) is 41.4 Å². The van der Waals surface area contributed by atoms with Gasteiger partial charge in [-0.3, -0.25) is 19.4 Å². The number of fused-ring (bicyclic) bond motifs is 2. The van der Waals surface area contributed by atoms with E-state index >= 15 is 0 Å². The van der Waals surface area contributed by atoms with E-state index in [0.717, 1.165) is 0 Å². The Hall–Kier alpha value is -2.93. The summed E-state index contributed by atoms with van der Waals surface area (Å²) in [5.41, 5.74) is 1.30. The van der Waals surface area contributed by atoms with Crippen LogP contribution in [-0.4, -0.2) is 46.2 Å². The highest BCUT2D eigenvalue weighted by Gasteiger charge is 2.40. The zero-order valence-corrected chi connectivity index (χ0v) is 15.1. The second kappa shape index (κ2) is 7.00. The van der Waals surface area contributed by atoms with Gasteiger partial charge in [-0.05, 0) is 43.2 Å². The van der Waals surface area contributed by atoms with E-state index in [2.05, 4.69) is 15.6 Å². The molecule has 0 saturated carbocycles. The molecule has 2 N–H and O–H groups in total. The first-order valence-corrected chi connectivity index (χ1v) is 9.03. The summed E-state index contributed by atoms with van der Waals surface area (Å²) in [7, 11) is 0. The van der Waals surface area contributed by atoms with Crippen LogP contribution in [0.15, 0.2) is 42.7 Å². The van der Waals surface area contributed by atoms with Gasteiger partial charge < -0.3 is 15.5 Å². The van der Waals surface area contributed by atoms with Gasteiger partial charge in [-0.15, -0.1) is 0 Å². The molecule has 4 rings (SSSR count). The second-order valence-electron chi connectivity index (χ2n) is 6.63. The number of piperidine rings is 1. The van der Waals surface area contributed by atoms with Crippen molar-refractivity contribution in [2.75, 3.05) is 11.9 Å². The highest BCUT2D eigenvalue weighted by molar-refractivity contribution is 6.31. The summed E-state index contributed by atoms with van der Waals surface area (Å²) >= 11 is 5.99. The molecule has 3 amide bonds. The Bertz CT molecular complexity index is 918. The smallest absolute Gasteiger partial charge is 0.256 e. The highest BCUT2D eigenvalue weighted by atomic mass is 35.5. The summed E-state index contributed by atoms with van der Waals surface area (Å²) in [6, 6.07) is 7.35. The topological polar surface area (TPSA) is 91.4 Å². The number of amides is 3. The van der Waals surface area contributed by atoms with Crippen LogP contribution in [0.5, 0.6) is 0 Å². The monoisotopic (exact) mass is 384 g/mol. The standard InChI is InChI=1S/C19H17ClN4O3/c20-12-3-4-14-15(8-12)23-18(26)16-9-13(5-7-24(16)19(14)27)22-17(25)11-2-1-6-21-10-11/h1-4,6,8,10,13,16H,5,7,9H2,(H,22,25)(H,23,26). The van der Waals surface area contributed by atoms with E-state index in [0.29, 0.717) is 41.2 Å². The molecule has 0 bridgehead atoms. The second-order valence-corrected chi connectivity index (χ2v) is 7.07. The van der Waals surface area contributed by atoms with E-state index in [1.165, 1.54) is 6.20 Å². The van der Waals surface area contributed by atoms with Gasteiger partial charge in [0.05, 0.1) is 16.8 Å². The van der Waals surface area contributed by atoms with E-state index < -0.39 is 6.04 Å². The number of hydrogen-bond donors (Lipinski definition) is 2. The molecular weight excluding hydrogens is 368 g/mol. The molecule has 0 radical (unpaired) electrons. The normalized spacial score (nSPS) is 21.6. The molecule has 8 heteroatoms. The molecule has 2 aliphatic heterocycles. The Labute approximate surface area is 160 Å². The Kier molecular flexibility index (Phi) is 4.53. The molecule has 1 saturated heterocycles. The van der Waals surface area contributed by atoms with E-state index in [-0.39, 0.29) is 23.8 Å². The van der Waals surface area contributed by atoms with Gasteiger partial charge in [0.1, 0.15) is 6.04 Å². The summed E-state index contributed by atoms with van der Waals surface area (Å²) in [5, 5.41) is 6.17. The van der Waals surface area contributed by atoms with Gasteiger partial charge in [0, 0.05) is 30.0 Å². The van der Waals surface area contributed by atoms with Crippen LogP contribution in [0.3, 0.4) is 0 Å². The molecule has 1 fully saturated rings. The molecule has 1 aromatic heterocycles. The number of pyridine rings is 1. The van der Waals surface area contributed by atoms with Gasteiger partial charge in [0.15, 0.2) is 0 Å².